The average Bonchev–Trinajstić information content (AvgIpc) is 2.46. The van der Waals surface area contributed by atoms with Crippen molar-refractivity contribution < 1.29 is 0 Å². The monoisotopic (exact) mass is 300 g/mol. The van der Waals surface area contributed by atoms with Gasteiger partial charge in [-0.1, -0.05) is 30.3 Å². The molecule has 112 valence electrons. The van der Waals surface area contributed by atoms with Gasteiger partial charge in [-0.3, -0.25) is 11.3 Å². The summed E-state index contributed by atoms with van der Waals surface area (Å²) in [5, 5.41) is 0. The van der Waals surface area contributed by atoms with Crippen LogP contribution >= 0.6 is 11.8 Å². The molecule has 3 N–H and O–H groups in total. The lowest BCUT2D eigenvalue weighted by atomic mass is 9.97. The van der Waals surface area contributed by atoms with Gasteiger partial charge in [0.05, 0.1) is 6.04 Å². The lowest BCUT2D eigenvalue weighted by molar-refractivity contribution is 0.607. The van der Waals surface area contributed by atoms with Crippen LogP contribution in [-0.2, 0) is 0 Å². The van der Waals surface area contributed by atoms with Gasteiger partial charge in [-0.2, -0.15) is 0 Å². The Hall–Kier alpha value is -1.29. The van der Waals surface area contributed by atoms with Crippen LogP contribution in [0.5, 0.6) is 0 Å². The van der Waals surface area contributed by atoms with Crippen LogP contribution in [-0.4, -0.2) is 5.75 Å². The molecule has 2 nitrogen and oxygen atoms in total. The van der Waals surface area contributed by atoms with Crippen LogP contribution in [0.1, 0.15) is 33.9 Å². The van der Waals surface area contributed by atoms with Crippen molar-refractivity contribution in [3.05, 3.63) is 64.2 Å². The summed E-state index contributed by atoms with van der Waals surface area (Å²) in [6, 6.07) is 13.1. The Bertz CT molecular complexity index is 623. The molecule has 1 atom stereocenters. The average molecular weight is 300 g/mol. The third-order valence-corrected chi connectivity index (χ3v) is 5.23. The Kier molecular flexibility index (Phi) is 5.45. The summed E-state index contributed by atoms with van der Waals surface area (Å²) in [4.78, 5) is 1.32. The summed E-state index contributed by atoms with van der Waals surface area (Å²) in [6.45, 7) is 8.61. The molecule has 0 saturated carbocycles. The van der Waals surface area contributed by atoms with Crippen molar-refractivity contribution in [3.63, 3.8) is 0 Å². The van der Waals surface area contributed by atoms with E-state index in [2.05, 4.69) is 69.5 Å². The maximum absolute atomic E-state index is 5.80. The van der Waals surface area contributed by atoms with Gasteiger partial charge in [0, 0.05) is 10.6 Å². The number of nitrogens with one attached hydrogen (secondary N) is 1. The first-order valence-corrected chi connectivity index (χ1v) is 8.23. The quantitative estimate of drug-likeness (QED) is 0.493. The van der Waals surface area contributed by atoms with Crippen molar-refractivity contribution in [2.75, 3.05) is 5.75 Å². The minimum absolute atomic E-state index is 0.161. The SMILES string of the molecule is Cc1cc(C)c(C(CSc2ccccc2C)NN)cc1C. The van der Waals surface area contributed by atoms with E-state index in [1.165, 1.54) is 32.7 Å². The normalized spacial score (nSPS) is 12.4. The van der Waals surface area contributed by atoms with Crippen LogP contribution in [0.4, 0.5) is 0 Å². The number of aryl methyl sites for hydroxylation is 4. The lowest BCUT2D eigenvalue weighted by Crippen LogP contribution is -2.30. The van der Waals surface area contributed by atoms with Gasteiger partial charge in [-0.05, 0) is 61.6 Å². The second-order valence-corrected chi connectivity index (χ2v) is 6.65. The molecular weight excluding hydrogens is 276 g/mol. The molecule has 0 aliphatic heterocycles. The van der Waals surface area contributed by atoms with Crippen molar-refractivity contribution in [2.45, 2.75) is 38.6 Å². The fourth-order valence-electron chi connectivity index (χ4n) is 2.48. The Balaban J connectivity index is 2.17. The number of nitrogens with two attached hydrogens (primary N) is 1. The van der Waals surface area contributed by atoms with Gasteiger partial charge in [-0.15, -0.1) is 11.8 Å². The van der Waals surface area contributed by atoms with E-state index in [0.29, 0.717) is 0 Å². The van der Waals surface area contributed by atoms with E-state index in [9.17, 15) is 0 Å². The number of hydrogen-bond acceptors (Lipinski definition) is 3. The van der Waals surface area contributed by atoms with E-state index in [1.54, 1.807) is 0 Å². The Morgan fingerprint density at radius 2 is 1.62 bits per heavy atom. The number of rotatable bonds is 5. The number of benzene rings is 2. The highest BCUT2D eigenvalue weighted by Gasteiger charge is 2.14. The fraction of sp³-hybridized carbons (Fsp3) is 0.333. The van der Waals surface area contributed by atoms with Crippen molar-refractivity contribution in [2.24, 2.45) is 5.84 Å². The minimum atomic E-state index is 0.161. The molecule has 0 radical (unpaired) electrons. The molecule has 3 heteroatoms. The molecule has 0 amide bonds. The lowest BCUT2D eigenvalue weighted by Gasteiger charge is -2.20. The van der Waals surface area contributed by atoms with E-state index in [0.717, 1.165) is 5.75 Å². The van der Waals surface area contributed by atoms with Crippen LogP contribution in [0.15, 0.2) is 41.3 Å². The Morgan fingerprint density at radius 1 is 0.952 bits per heavy atom. The molecule has 2 rings (SSSR count). The molecule has 2 aromatic carbocycles. The van der Waals surface area contributed by atoms with Crippen molar-refractivity contribution >= 4 is 11.8 Å². The first-order valence-electron chi connectivity index (χ1n) is 7.25. The van der Waals surface area contributed by atoms with Crippen LogP contribution in [0, 0.1) is 27.7 Å². The highest BCUT2D eigenvalue weighted by molar-refractivity contribution is 7.99. The maximum atomic E-state index is 5.80. The van der Waals surface area contributed by atoms with E-state index < -0.39 is 0 Å². The second-order valence-electron chi connectivity index (χ2n) is 5.59. The summed E-state index contributed by atoms with van der Waals surface area (Å²) in [6.07, 6.45) is 0. The zero-order valence-corrected chi connectivity index (χ0v) is 14.1. The van der Waals surface area contributed by atoms with Crippen molar-refractivity contribution in [1.82, 2.24) is 5.43 Å². The summed E-state index contributed by atoms with van der Waals surface area (Å²) in [7, 11) is 0. The predicted octanol–water partition coefficient (Wildman–Crippen LogP) is 4.22. The topological polar surface area (TPSA) is 38.0 Å². The van der Waals surface area contributed by atoms with E-state index in [-0.39, 0.29) is 6.04 Å². The molecule has 2 aromatic rings. The van der Waals surface area contributed by atoms with Crippen molar-refractivity contribution in [1.29, 1.82) is 0 Å². The molecule has 0 fully saturated rings. The van der Waals surface area contributed by atoms with Gasteiger partial charge in [0.1, 0.15) is 0 Å². The van der Waals surface area contributed by atoms with Crippen LogP contribution in [0.3, 0.4) is 0 Å². The number of hydrogen-bond donors (Lipinski definition) is 2. The smallest absolute Gasteiger partial charge is 0.0556 e. The molecule has 0 heterocycles. The van der Waals surface area contributed by atoms with Gasteiger partial charge in [0.25, 0.3) is 0 Å². The largest absolute Gasteiger partial charge is 0.271 e. The third-order valence-electron chi connectivity index (χ3n) is 3.96. The van der Waals surface area contributed by atoms with Crippen LogP contribution < -0.4 is 11.3 Å². The highest BCUT2D eigenvalue weighted by Crippen LogP contribution is 2.29. The van der Waals surface area contributed by atoms with Gasteiger partial charge in [-0.25, -0.2) is 0 Å². The summed E-state index contributed by atoms with van der Waals surface area (Å²) in [5.41, 5.74) is 9.53. The second kappa shape index (κ2) is 7.12. The standard InChI is InChI=1S/C18H24N2S/c1-12-7-5-6-8-18(12)21-11-17(20-19)16-10-14(3)13(2)9-15(16)4/h5-10,17,20H,11,19H2,1-4H3. The first-order chi connectivity index (χ1) is 10.0. The van der Waals surface area contributed by atoms with Gasteiger partial charge < -0.3 is 0 Å². The fourth-order valence-corrected chi connectivity index (χ4v) is 3.57. The molecule has 0 spiro atoms. The zero-order chi connectivity index (χ0) is 15.4. The predicted molar refractivity (Wildman–Crippen MR) is 92.6 cm³/mol. The first kappa shape index (κ1) is 16.1. The molecule has 0 bridgehead atoms. The third kappa shape index (κ3) is 3.88. The van der Waals surface area contributed by atoms with Crippen LogP contribution in [0.2, 0.25) is 0 Å². The van der Waals surface area contributed by atoms with E-state index in [4.69, 9.17) is 5.84 Å². The summed E-state index contributed by atoms with van der Waals surface area (Å²) >= 11 is 1.85. The van der Waals surface area contributed by atoms with E-state index in [1.807, 2.05) is 11.8 Å². The number of hydrazine groups is 1. The van der Waals surface area contributed by atoms with Gasteiger partial charge in [0.2, 0.25) is 0 Å². The van der Waals surface area contributed by atoms with Gasteiger partial charge >= 0.3 is 0 Å². The molecular formula is C18H24N2S. The number of thioether (sulfide) groups is 1. The molecule has 0 aliphatic carbocycles. The molecule has 0 aliphatic rings. The van der Waals surface area contributed by atoms with Gasteiger partial charge in [0.15, 0.2) is 0 Å². The molecule has 21 heavy (non-hydrogen) atoms. The van der Waals surface area contributed by atoms with Crippen molar-refractivity contribution in [3.8, 4) is 0 Å². The Labute approximate surface area is 132 Å². The Morgan fingerprint density at radius 3 is 2.29 bits per heavy atom. The minimum Gasteiger partial charge on any atom is -0.271 e. The molecule has 1 unspecified atom stereocenters. The highest BCUT2D eigenvalue weighted by atomic mass is 32.2. The maximum Gasteiger partial charge on any atom is 0.0556 e. The van der Waals surface area contributed by atoms with E-state index >= 15 is 0 Å². The molecule has 0 saturated heterocycles. The van der Waals surface area contributed by atoms with Crippen LogP contribution in [0.25, 0.3) is 0 Å². The zero-order valence-electron chi connectivity index (χ0n) is 13.2. The summed E-state index contributed by atoms with van der Waals surface area (Å²) in [5.74, 6) is 6.72. The summed E-state index contributed by atoms with van der Waals surface area (Å²) < 4.78 is 0. The molecule has 0 aromatic heterocycles.